The fourth-order valence-corrected chi connectivity index (χ4v) is 4.55. The predicted molar refractivity (Wildman–Crippen MR) is 127 cm³/mol. The highest BCUT2D eigenvalue weighted by molar-refractivity contribution is 7.92. The average Bonchev–Trinajstić information content (AvgIpc) is 2.78. The van der Waals surface area contributed by atoms with E-state index in [0.717, 1.165) is 15.4 Å². The predicted octanol–water partition coefficient (Wildman–Crippen LogP) is 4.35. The number of amides is 1. The summed E-state index contributed by atoms with van der Waals surface area (Å²) in [6, 6.07) is 20.5. The molecule has 0 aliphatic carbocycles. The lowest BCUT2D eigenvalue weighted by atomic mass is 10.2. The zero-order chi connectivity index (χ0) is 23.1. The number of para-hydroxylation sites is 1. The summed E-state index contributed by atoms with van der Waals surface area (Å²) in [6.45, 7) is 3.87. The molecule has 0 radical (unpaired) electrons. The molecular weight excluding hydrogens is 448 g/mol. The molecule has 0 saturated carbocycles. The maximum absolute atomic E-state index is 13.3. The van der Waals surface area contributed by atoms with Crippen LogP contribution in [0.25, 0.3) is 0 Å². The summed E-state index contributed by atoms with van der Waals surface area (Å²) in [5.41, 5.74) is 2.31. The Balaban J connectivity index is 1.66. The van der Waals surface area contributed by atoms with Crippen LogP contribution in [0, 0.1) is 13.8 Å². The van der Waals surface area contributed by atoms with Crippen LogP contribution in [-0.4, -0.2) is 34.0 Å². The van der Waals surface area contributed by atoms with E-state index in [1.165, 1.54) is 0 Å². The molecule has 0 aliphatic rings. The number of ether oxygens (including phenoxy) is 1. The second kappa shape index (κ2) is 10.5. The van der Waals surface area contributed by atoms with Crippen molar-refractivity contribution in [2.24, 2.45) is 0 Å². The van der Waals surface area contributed by atoms with Gasteiger partial charge in [0.25, 0.3) is 10.0 Å². The van der Waals surface area contributed by atoms with Crippen LogP contribution in [0.5, 0.6) is 5.75 Å². The third-order valence-electron chi connectivity index (χ3n) is 4.78. The highest BCUT2D eigenvalue weighted by Crippen LogP contribution is 2.24. The van der Waals surface area contributed by atoms with Crippen LogP contribution >= 0.6 is 11.6 Å². The molecule has 0 unspecified atom stereocenters. The first-order valence-corrected chi connectivity index (χ1v) is 11.9. The molecule has 0 fully saturated rings. The van der Waals surface area contributed by atoms with E-state index in [0.29, 0.717) is 16.5 Å². The van der Waals surface area contributed by atoms with E-state index >= 15 is 0 Å². The van der Waals surface area contributed by atoms with Crippen molar-refractivity contribution < 1.29 is 17.9 Å². The smallest absolute Gasteiger partial charge is 0.264 e. The van der Waals surface area contributed by atoms with Crippen molar-refractivity contribution in [3.05, 3.63) is 88.9 Å². The highest BCUT2D eigenvalue weighted by atomic mass is 35.5. The molecule has 3 aromatic rings. The summed E-state index contributed by atoms with van der Waals surface area (Å²) >= 11 is 6.08. The molecule has 0 aromatic heterocycles. The van der Waals surface area contributed by atoms with Gasteiger partial charge in [-0.1, -0.05) is 53.6 Å². The van der Waals surface area contributed by atoms with E-state index in [2.05, 4.69) is 5.32 Å². The minimum Gasteiger partial charge on any atom is -0.492 e. The maximum atomic E-state index is 13.3. The molecule has 0 heterocycles. The monoisotopic (exact) mass is 472 g/mol. The van der Waals surface area contributed by atoms with Crippen molar-refractivity contribution in [3.63, 3.8) is 0 Å². The molecule has 1 amide bonds. The molecule has 0 bridgehead atoms. The summed E-state index contributed by atoms with van der Waals surface area (Å²) in [6.07, 6.45) is 0. The van der Waals surface area contributed by atoms with Crippen molar-refractivity contribution >= 4 is 33.2 Å². The molecule has 8 heteroatoms. The molecule has 6 nitrogen and oxygen atoms in total. The third-order valence-corrected chi connectivity index (χ3v) is 6.97. The molecule has 0 spiro atoms. The number of nitrogens with one attached hydrogen (secondary N) is 1. The minimum absolute atomic E-state index is 0.124. The van der Waals surface area contributed by atoms with Gasteiger partial charge in [-0.15, -0.1) is 0 Å². The van der Waals surface area contributed by atoms with E-state index in [1.807, 2.05) is 19.9 Å². The minimum atomic E-state index is -3.92. The largest absolute Gasteiger partial charge is 0.492 e. The van der Waals surface area contributed by atoms with Crippen LogP contribution in [-0.2, 0) is 14.8 Å². The summed E-state index contributed by atoms with van der Waals surface area (Å²) in [7, 11) is -3.92. The number of nitrogens with zero attached hydrogens (tertiary/aromatic N) is 1. The Kier molecular flexibility index (Phi) is 7.77. The number of carbonyl (C=O) groups excluding carboxylic acids is 1. The second-order valence-corrected chi connectivity index (χ2v) is 9.54. The van der Waals surface area contributed by atoms with Gasteiger partial charge in [-0.3, -0.25) is 9.10 Å². The van der Waals surface area contributed by atoms with Crippen LogP contribution in [0.4, 0.5) is 5.69 Å². The Labute approximate surface area is 193 Å². The number of hydrogen-bond donors (Lipinski definition) is 1. The fourth-order valence-electron chi connectivity index (χ4n) is 2.96. The van der Waals surface area contributed by atoms with Crippen LogP contribution < -0.4 is 14.4 Å². The van der Waals surface area contributed by atoms with Gasteiger partial charge in [0.15, 0.2) is 0 Å². The molecule has 0 atom stereocenters. The standard InChI is InChI=1S/C24H25ClN2O4S/c1-18-8-12-22(13-9-18)32(29,30)27(20-6-4-3-5-7-20)17-24(28)26-14-15-31-21-11-10-19(2)23(25)16-21/h3-13,16H,14-15,17H2,1-2H3,(H,26,28). The highest BCUT2D eigenvalue weighted by Gasteiger charge is 2.27. The number of halogens is 1. The van der Waals surface area contributed by atoms with Gasteiger partial charge in [0.1, 0.15) is 18.9 Å². The zero-order valence-corrected chi connectivity index (χ0v) is 19.5. The van der Waals surface area contributed by atoms with E-state index in [1.54, 1.807) is 66.7 Å². The van der Waals surface area contributed by atoms with E-state index in [4.69, 9.17) is 16.3 Å². The van der Waals surface area contributed by atoms with Gasteiger partial charge in [0, 0.05) is 5.02 Å². The van der Waals surface area contributed by atoms with Crippen LogP contribution in [0.2, 0.25) is 5.02 Å². The number of anilines is 1. The number of hydrogen-bond acceptors (Lipinski definition) is 4. The lowest BCUT2D eigenvalue weighted by Gasteiger charge is -2.24. The van der Waals surface area contributed by atoms with E-state index < -0.39 is 15.9 Å². The van der Waals surface area contributed by atoms with Gasteiger partial charge < -0.3 is 10.1 Å². The Bertz CT molecular complexity index is 1170. The van der Waals surface area contributed by atoms with Gasteiger partial charge in [0.05, 0.1) is 17.1 Å². The number of aryl methyl sites for hydroxylation is 2. The lowest BCUT2D eigenvalue weighted by molar-refractivity contribution is -0.119. The van der Waals surface area contributed by atoms with Crippen molar-refractivity contribution in [1.29, 1.82) is 0 Å². The number of sulfonamides is 1. The van der Waals surface area contributed by atoms with Gasteiger partial charge in [-0.2, -0.15) is 0 Å². The number of benzene rings is 3. The lowest BCUT2D eigenvalue weighted by Crippen LogP contribution is -2.41. The summed E-state index contributed by atoms with van der Waals surface area (Å²) < 4.78 is 33.2. The van der Waals surface area contributed by atoms with E-state index in [-0.39, 0.29) is 24.6 Å². The van der Waals surface area contributed by atoms with Crippen molar-refractivity contribution in [3.8, 4) is 5.75 Å². The SMILES string of the molecule is Cc1ccc(S(=O)(=O)N(CC(=O)NCCOc2ccc(C)c(Cl)c2)c2ccccc2)cc1. The van der Waals surface area contributed by atoms with Gasteiger partial charge in [-0.25, -0.2) is 8.42 Å². The first kappa shape index (κ1) is 23.6. The Morgan fingerprint density at radius 2 is 1.69 bits per heavy atom. The zero-order valence-electron chi connectivity index (χ0n) is 17.9. The molecule has 0 aliphatic heterocycles. The van der Waals surface area contributed by atoms with Crippen LogP contribution in [0.1, 0.15) is 11.1 Å². The molecule has 0 saturated heterocycles. The molecule has 3 rings (SSSR count). The number of carbonyl (C=O) groups is 1. The molecule has 32 heavy (non-hydrogen) atoms. The molecular formula is C24H25ClN2O4S. The van der Waals surface area contributed by atoms with Gasteiger partial charge in [0.2, 0.25) is 5.91 Å². The first-order chi connectivity index (χ1) is 15.3. The average molecular weight is 473 g/mol. The molecule has 3 aromatic carbocycles. The van der Waals surface area contributed by atoms with Crippen molar-refractivity contribution in [2.75, 3.05) is 24.0 Å². The topological polar surface area (TPSA) is 75.7 Å². The quantitative estimate of drug-likeness (QED) is 0.470. The summed E-state index contributed by atoms with van der Waals surface area (Å²) in [5, 5.41) is 3.31. The first-order valence-electron chi connectivity index (χ1n) is 10.1. The Morgan fingerprint density at radius 1 is 1.00 bits per heavy atom. The molecule has 168 valence electrons. The fraction of sp³-hybridized carbons (Fsp3) is 0.208. The Hall–Kier alpha value is -3.03. The van der Waals surface area contributed by atoms with E-state index in [9.17, 15) is 13.2 Å². The normalized spacial score (nSPS) is 11.1. The summed E-state index contributed by atoms with van der Waals surface area (Å²) in [4.78, 5) is 12.7. The molecule has 1 N–H and O–H groups in total. The maximum Gasteiger partial charge on any atom is 0.264 e. The van der Waals surface area contributed by atoms with Gasteiger partial charge in [-0.05, 0) is 55.8 Å². The van der Waals surface area contributed by atoms with Crippen LogP contribution in [0.3, 0.4) is 0 Å². The van der Waals surface area contributed by atoms with Crippen LogP contribution in [0.15, 0.2) is 77.7 Å². The third kappa shape index (κ3) is 6.02. The number of rotatable bonds is 9. The Morgan fingerprint density at radius 3 is 2.34 bits per heavy atom. The second-order valence-electron chi connectivity index (χ2n) is 7.27. The van der Waals surface area contributed by atoms with Crippen molar-refractivity contribution in [2.45, 2.75) is 18.7 Å². The van der Waals surface area contributed by atoms with Gasteiger partial charge >= 0.3 is 0 Å². The summed E-state index contributed by atoms with van der Waals surface area (Å²) in [5.74, 6) is 0.165. The van der Waals surface area contributed by atoms with Crippen molar-refractivity contribution in [1.82, 2.24) is 5.32 Å².